The Kier molecular flexibility index (Phi) is 3.93. The van der Waals surface area contributed by atoms with Crippen molar-refractivity contribution >= 4 is 17.5 Å². The number of aliphatic hydroxyl groups is 1. The maximum atomic E-state index is 11.8. The molecule has 0 aromatic carbocycles. The molecule has 1 amide bonds. The van der Waals surface area contributed by atoms with Crippen LogP contribution in [0.5, 0.6) is 0 Å². The molecule has 1 aromatic heterocycles. The monoisotopic (exact) mass is 256 g/mol. The van der Waals surface area contributed by atoms with E-state index in [9.17, 15) is 9.90 Å². The molecule has 0 radical (unpaired) electrons. The molecule has 1 aliphatic heterocycles. The first-order valence-corrected chi connectivity index (χ1v) is 5.72. The summed E-state index contributed by atoms with van der Waals surface area (Å²) in [6.45, 7) is 0.840. The molecule has 2 atom stereocenters. The molecular weight excluding hydrogens is 244 g/mol. The fraction of sp³-hybridized carbons (Fsp3) is 0.455. The summed E-state index contributed by atoms with van der Waals surface area (Å²) in [5.41, 5.74) is 0.371. The van der Waals surface area contributed by atoms with Gasteiger partial charge in [-0.15, -0.1) is 0 Å². The lowest BCUT2D eigenvalue weighted by atomic mass is 10.1. The highest BCUT2D eigenvalue weighted by molar-refractivity contribution is 6.30. The van der Waals surface area contributed by atoms with E-state index in [1.165, 1.54) is 18.5 Å². The molecule has 2 rings (SSSR count). The Labute approximate surface area is 104 Å². The summed E-state index contributed by atoms with van der Waals surface area (Å²) in [5, 5.41) is 12.8. The molecule has 17 heavy (non-hydrogen) atoms. The Morgan fingerprint density at radius 2 is 2.41 bits per heavy atom. The maximum absolute atomic E-state index is 11.8. The van der Waals surface area contributed by atoms with E-state index in [2.05, 4.69) is 10.3 Å². The molecule has 2 heterocycles. The number of aromatic nitrogens is 1. The summed E-state index contributed by atoms with van der Waals surface area (Å²) in [6.07, 6.45) is 2.84. The van der Waals surface area contributed by atoms with Gasteiger partial charge in [-0.2, -0.15) is 0 Å². The van der Waals surface area contributed by atoms with Crippen LogP contribution in [0.4, 0.5) is 0 Å². The summed E-state index contributed by atoms with van der Waals surface area (Å²) >= 11 is 5.74. The van der Waals surface area contributed by atoms with Crippen molar-refractivity contribution in [3.63, 3.8) is 0 Å². The van der Waals surface area contributed by atoms with Crippen molar-refractivity contribution in [3.8, 4) is 0 Å². The Morgan fingerprint density at radius 1 is 1.59 bits per heavy atom. The van der Waals surface area contributed by atoms with Gasteiger partial charge in [0.1, 0.15) is 0 Å². The third-order valence-electron chi connectivity index (χ3n) is 2.60. The summed E-state index contributed by atoms with van der Waals surface area (Å²) < 4.78 is 5.20. The second-order valence-corrected chi connectivity index (χ2v) is 4.34. The van der Waals surface area contributed by atoms with E-state index in [1.54, 1.807) is 0 Å². The Bertz CT molecular complexity index is 413. The van der Waals surface area contributed by atoms with E-state index < -0.39 is 6.10 Å². The average Bonchev–Trinajstić information content (AvgIpc) is 2.32. The number of hydrogen-bond donors (Lipinski definition) is 2. The largest absolute Gasteiger partial charge is 0.391 e. The van der Waals surface area contributed by atoms with Gasteiger partial charge in [0.05, 0.1) is 29.3 Å². The van der Waals surface area contributed by atoms with Crippen LogP contribution in [0.15, 0.2) is 18.5 Å². The molecule has 0 bridgehead atoms. The number of ether oxygens (including phenoxy) is 1. The van der Waals surface area contributed by atoms with Crippen molar-refractivity contribution in [1.29, 1.82) is 0 Å². The number of halogens is 1. The average molecular weight is 257 g/mol. The molecule has 0 unspecified atom stereocenters. The zero-order chi connectivity index (χ0) is 12.3. The summed E-state index contributed by atoms with van der Waals surface area (Å²) in [4.78, 5) is 15.7. The van der Waals surface area contributed by atoms with Crippen molar-refractivity contribution in [3.05, 3.63) is 29.0 Å². The molecule has 92 valence electrons. The van der Waals surface area contributed by atoms with E-state index in [4.69, 9.17) is 16.3 Å². The van der Waals surface area contributed by atoms with E-state index in [0.29, 0.717) is 30.2 Å². The second kappa shape index (κ2) is 5.44. The molecule has 1 aromatic rings. The van der Waals surface area contributed by atoms with Gasteiger partial charge in [-0.3, -0.25) is 9.78 Å². The summed E-state index contributed by atoms with van der Waals surface area (Å²) in [5.74, 6) is -0.311. The predicted octanol–water partition coefficient (Wildman–Crippen LogP) is 0.615. The molecule has 0 spiro atoms. The number of hydrogen-bond acceptors (Lipinski definition) is 4. The number of pyridine rings is 1. The predicted molar refractivity (Wildman–Crippen MR) is 61.9 cm³/mol. The lowest BCUT2D eigenvalue weighted by Gasteiger charge is -2.28. The van der Waals surface area contributed by atoms with Gasteiger partial charge in [0.25, 0.3) is 5.91 Å². The standard InChI is InChI=1S/C11H13ClN2O3/c12-8-3-7(4-13-5-8)11(16)14-9-6-17-2-1-10(9)15/h3-5,9-10,15H,1-2,6H2,(H,14,16)/t9-,10-/m0/s1. The van der Waals surface area contributed by atoms with E-state index in [1.807, 2.05) is 0 Å². The number of amides is 1. The Morgan fingerprint density at radius 3 is 3.12 bits per heavy atom. The number of aliphatic hydroxyl groups excluding tert-OH is 1. The number of rotatable bonds is 2. The van der Waals surface area contributed by atoms with Gasteiger partial charge < -0.3 is 15.2 Å². The SMILES string of the molecule is O=C(N[C@H]1COCC[C@@H]1O)c1cncc(Cl)c1. The normalized spacial score (nSPS) is 24.4. The van der Waals surface area contributed by atoms with Crippen LogP contribution in [0.25, 0.3) is 0 Å². The minimum absolute atomic E-state index is 0.311. The van der Waals surface area contributed by atoms with Crippen molar-refractivity contribution in [1.82, 2.24) is 10.3 Å². The first kappa shape index (κ1) is 12.3. The van der Waals surface area contributed by atoms with Gasteiger partial charge >= 0.3 is 0 Å². The van der Waals surface area contributed by atoms with Crippen LogP contribution in [-0.2, 0) is 4.74 Å². The van der Waals surface area contributed by atoms with Gasteiger partial charge in [0, 0.05) is 19.0 Å². The van der Waals surface area contributed by atoms with Crippen LogP contribution >= 0.6 is 11.6 Å². The molecule has 6 heteroatoms. The first-order valence-electron chi connectivity index (χ1n) is 5.34. The molecule has 1 aliphatic rings. The van der Waals surface area contributed by atoms with E-state index in [-0.39, 0.29) is 11.9 Å². The van der Waals surface area contributed by atoms with Gasteiger partial charge in [-0.1, -0.05) is 11.6 Å². The van der Waals surface area contributed by atoms with Crippen molar-refractivity contribution in [2.45, 2.75) is 18.6 Å². The highest BCUT2D eigenvalue weighted by atomic mass is 35.5. The molecule has 0 aliphatic carbocycles. The van der Waals surface area contributed by atoms with Gasteiger partial charge in [-0.25, -0.2) is 0 Å². The van der Waals surface area contributed by atoms with Crippen LogP contribution in [-0.4, -0.2) is 41.4 Å². The number of nitrogens with one attached hydrogen (secondary N) is 1. The number of carbonyl (C=O) groups is 1. The van der Waals surface area contributed by atoms with E-state index >= 15 is 0 Å². The third kappa shape index (κ3) is 3.15. The van der Waals surface area contributed by atoms with Crippen LogP contribution in [0.3, 0.4) is 0 Å². The molecule has 0 saturated carbocycles. The maximum Gasteiger partial charge on any atom is 0.253 e. The van der Waals surface area contributed by atoms with Crippen molar-refractivity contribution in [2.75, 3.05) is 13.2 Å². The lowest BCUT2D eigenvalue weighted by Crippen LogP contribution is -2.49. The first-order chi connectivity index (χ1) is 8.16. The highest BCUT2D eigenvalue weighted by Gasteiger charge is 2.25. The summed E-state index contributed by atoms with van der Waals surface area (Å²) in [7, 11) is 0. The fourth-order valence-corrected chi connectivity index (χ4v) is 1.83. The quantitative estimate of drug-likeness (QED) is 0.814. The molecule has 1 fully saturated rings. The minimum atomic E-state index is -0.570. The van der Waals surface area contributed by atoms with Crippen LogP contribution in [0, 0.1) is 0 Å². The molecule has 1 saturated heterocycles. The number of nitrogens with zero attached hydrogens (tertiary/aromatic N) is 1. The van der Waals surface area contributed by atoms with Gasteiger partial charge in [0.2, 0.25) is 0 Å². The van der Waals surface area contributed by atoms with Gasteiger partial charge in [0.15, 0.2) is 0 Å². The van der Waals surface area contributed by atoms with Crippen LogP contribution in [0.1, 0.15) is 16.8 Å². The highest BCUT2D eigenvalue weighted by Crippen LogP contribution is 2.11. The summed E-state index contributed by atoms with van der Waals surface area (Å²) in [6, 6.07) is 1.15. The van der Waals surface area contributed by atoms with Crippen LogP contribution in [0.2, 0.25) is 5.02 Å². The third-order valence-corrected chi connectivity index (χ3v) is 2.81. The van der Waals surface area contributed by atoms with E-state index in [0.717, 1.165) is 0 Å². The lowest BCUT2D eigenvalue weighted by molar-refractivity contribution is -0.0140. The topological polar surface area (TPSA) is 71.5 Å². The molecule has 2 N–H and O–H groups in total. The fourth-order valence-electron chi connectivity index (χ4n) is 1.65. The molecule has 5 nitrogen and oxygen atoms in total. The van der Waals surface area contributed by atoms with Gasteiger partial charge in [-0.05, 0) is 12.5 Å². The molecular formula is C11H13ClN2O3. The smallest absolute Gasteiger partial charge is 0.253 e. The Hall–Kier alpha value is -1.17. The zero-order valence-electron chi connectivity index (χ0n) is 9.10. The number of carbonyl (C=O) groups excluding carboxylic acids is 1. The van der Waals surface area contributed by atoms with Crippen molar-refractivity contribution in [2.24, 2.45) is 0 Å². The Balaban J connectivity index is 2.01. The minimum Gasteiger partial charge on any atom is -0.391 e. The second-order valence-electron chi connectivity index (χ2n) is 3.90. The van der Waals surface area contributed by atoms with Crippen LogP contribution < -0.4 is 5.32 Å². The van der Waals surface area contributed by atoms with Crippen molar-refractivity contribution < 1.29 is 14.6 Å². The zero-order valence-corrected chi connectivity index (χ0v) is 9.85.